The van der Waals surface area contributed by atoms with E-state index >= 15 is 0 Å². The molecule has 3 rings (SSSR count). The van der Waals surface area contributed by atoms with Gasteiger partial charge in [-0.05, 0) is 81.9 Å². The Bertz CT molecular complexity index is 510. The maximum Gasteiger partial charge on any atom is 0.124 e. The van der Waals surface area contributed by atoms with E-state index in [2.05, 4.69) is 23.2 Å². The minimum absolute atomic E-state index is 0.270. The average molecular weight is 351 g/mol. The lowest BCUT2D eigenvalue weighted by Crippen LogP contribution is -2.34. The number of halogens is 1. The summed E-state index contributed by atoms with van der Waals surface area (Å²) in [5, 5.41) is 4.23. The molecule has 134 valence electrons. The molecule has 1 aromatic carbocycles. The molecule has 1 atom stereocenters. The van der Waals surface area contributed by atoms with Crippen molar-refractivity contribution in [3.8, 4) is 5.75 Å². The van der Waals surface area contributed by atoms with Crippen molar-refractivity contribution in [3.05, 3.63) is 28.8 Å². The maximum atomic E-state index is 6.54. The number of rotatable bonds is 7. The topological polar surface area (TPSA) is 24.5 Å². The lowest BCUT2D eigenvalue weighted by atomic mass is 9.89. The van der Waals surface area contributed by atoms with E-state index < -0.39 is 0 Å². The summed E-state index contributed by atoms with van der Waals surface area (Å²) in [6, 6.07) is 6.24. The second-order valence-electron chi connectivity index (χ2n) is 7.24. The Morgan fingerprint density at radius 2 is 2.00 bits per heavy atom. The third-order valence-electron chi connectivity index (χ3n) is 5.32. The van der Waals surface area contributed by atoms with Crippen LogP contribution in [0.25, 0.3) is 0 Å². The van der Waals surface area contributed by atoms with Crippen molar-refractivity contribution in [3.63, 3.8) is 0 Å². The molecular weight excluding hydrogens is 320 g/mol. The summed E-state index contributed by atoms with van der Waals surface area (Å²) in [4.78, 5) is 2.55. The van der Waals surface area contributed by atoms with Gasteiger partial charge in [0.25, 0.3) is 0 Å². The van der Waals surface area contributed by atoms with Crippen LogP contribution < -0.4 is 10.1 Å². The van der Waals surface area contributed by atoms with Crippen LogP contribution in [0.5, 0.6) is 5.75 Å². The van der Waals surface area contributed by atoms with Crippen LogP contribution in [0, 0.1) is 0 Å². The minimum atomic E-state index is 0.270. The minimum Gasteiger partial charge on any atom is -0.489 e. The molecule has 3 nitrogen and oxygen atoms in total. The molecule has 0 aromatic heterocycles. The van der Waals surface area contributed by atoms with Gasteiger partial charge in [0.2, 0.25) is 0 Å². The number of nitrogens with one attached hydrogen (secondary N) is 1. The Labute approximate surface area is 151 Å². The fraction of sp³-hybridized carbons (Fsp3) is 0.700. The first-order valence-electron chi connectivity index (χ1n) is 9.65. The van der Waals surface area contributed by atoms with Crippen molar-refractivity contribution >= 4 is 11.6 Å². The Morgan fingerprint density at radius 3 is 2.71 bits per heavy atom. The summed E-state index contributed by atoms with van der Waals surface area (Å²) >= 11 is 6.28. The maximum absolute atomic E-state index is 6.54. The summed E-state index contributed by atoms with van der Waals surface area (Å²) in [6.45, 7) is 7.93. The molecule has 1 aromatic rings. The van der Waals surface area contributed by atoms with Crippen molar-refractivity contribution in [1.82, 2.24) is 10.2 Å². The second-order valence-corrected chi connectivity index (χ2v) is 7.68. The SMILES string of the molecule is CCCC(CN1CCCC1)Oc1cc(Cl)ccc1C1CCNCC1. The number of piperidine rings is 1. The average Bonchev–Trinajstić information content (AvgIpc) is 3.09. The highest BCUT2D eigenvalue weighted by Crippen LogP contribution is 2.35. The normalized spacial score (nSPS) is 21.1. The third kappa shape index (κ3) is 4.87. The number of ether oxygens (including phenoxy) is 1. The van der Waals surface area contributed by atoms with Gasteiger partial charge in [-0.3, -0.25) is 4.90 Å². The van der Waals surface area contributed by atoms with Gasteiger partial charge in [0.1, 0.15) is 11.9 Å². The summed E-state index contributed by atoms with van der Waals surface area (Å²) in [5.74, 6) is 1.61. The van der Waals surface area contributed by atoms with Gasteiger partial charge < -0.3 is 10.1 Å². The molecule has 0 saturated carbocycles. The lowest BCUT2D eigenvalue weighted by Gasteiger charge is -2.29. The summed E-state index contributed by atoms with van der Waals surface area (Å²) < 4.78 is 6.54. The van der Waals surface area contributed by atoms with Crippen molar-refractivity contribution < 1.29 is 4.74 Å². The van der Waals surface area contributed by atoms with E-state index in [1.54, 1.807) is 0 Å². The van der Waals surface area contributed by atoms with E-state index in [1.807, 2.05) is 12.1 Å². The molecule has 0 bridgehead atoms. The highest BCUT2D eigenvalue weighted by atomic mass is 35.5. The molecule has 24 heavy (non-hydrogen) atoms. The van der Waals surface area contributed by atoms with Gasteiger partial charge in [0, 0.05) is 11.6 Å². The predicted molar refractivity (Wildman–Crippen MR) is 101 cm³/mol. The highest BCUT2D eigenvalue weighted by molar-refractivity contribution is 6.30. The molecule has 2 saturated heterocycles. The van der Waals surface area contributed by atoms with Crippen LogP contribution in [-0.4, -0.2) is 43.7 Å². The zero-order valence-corrected chi connectivity index (χ0v) is 15.7. The van der Waals surface area contributed by atoms with Crippen LogP contribution in [0.15, 0.2) is 18.2 Å². The summed E-state index contributed by atoms with van der Waals surface area (Å²) in [7, 11) is 0. The standard InChI is InChI=1S/C20H31ClN2O/c1-2-5-18(15-23-12-3-4-13-23)24-20-14-17(21)6-7-19(20)16-8-10-22-11-9-16/h6-7,14,16,18,22H,2-5,8-13,15H2,1H3. The van der Waals surface area contributed by atoms with Crippen LogP contribution in [0.4, 0.5) is 0 Å². The smallest absolute Gasteiger partial charge is 0.124 e. The monoisotopic (exact) mass is 350 g/mol. The van der Waals surface area contributed by atoms with E-state index in [9.17, 15) is 0 Å². The number of hydrogen-bond acceptors (Lipinski definition) is 3. The Balaban J connectivity index is 1.73. The molecule has 0 amide bonds. The van der Waals surface area contributed by atoms with Gasteiger partial charge >= 0.3 is 0 Å². The fourth-order valence-corrected chi connectivity index (χ4v) is 4.18. The van der Waals surface area contributed by atoms with E-state index in [0.717, 1.165) is 43.2 Å². The number of benzene rings is 1. The molecule has 0 spiro atoms. The molecule has 2 fully saturated rings. The van der Waals surface area contributed by atoms with Crippen LogP contribution in [-0.2, 0) is 0 Å². The van der Waals surface area contributed by atoms with Crippen LogP contribution >= 0.6 is 11.6 Å². The van der Waals surface area contributed by atoms with E-state index in [1.165, 1.54) is 44.3 Å². The van der Waals surface area contributed by atoms with Crippen molar-refractivity contribution in [1.29, 1.82) is 0 Å². The Morgan fingerprint density at radius 1 is 1.25 bits per heavy atom. The zero-order valence-electron chi connectivity index (χ0n) is 14.9. The lowest BCUT2D eigenvalue weighted by molar-refractivity contribution is 0.136. The molecule has 2 aliphatic heterocycles. The predicted octanol–water partition coefficient (Wildman–Crippen LogP) is 4.45. The molecule has 0 radical (unpaired) electrons. The van der Waals surface area contributed by atoms with E-state index in [4.69, 9.17) is 16.3 Å². The summed E-state index contributed by atoms with van der Waals surface area (Å²) in [6.07, 6.45) is 7.56. The molecule has 4 heteroatoms. The first-order valence-corrected chi connectivity index (χ1v) is 10.0. The zero-order chi connectivity index (χ0) is 16.8. The van der Waals surface area contributed by atoms with Gasteiger partial charge in [0.15, 0.2) is 0 Å². The van der Waals surface area contributed by atoms with Gasteiger partial charge in [-0.15, -0.1) is 0 Å². The second kappa shape index (κ2) is 9.07. The molecule has 1 N–H and O–H groups in total. The van der Waals surface area contributed by atoms with Gasteiger partial charge in [0.05, 0.1) is 0 Å². The number of likely N-dealkylation sites (tertiary alicyclic amines) is 1. The van der Waals surface area contributed by atoms with Gasteiger partial charge in [-0.25, -0.2) is 0 Å². The fourth-order valence-electron chi connectivity index (χ4n) is 4.02. The van der Waals surface area contributed by atoms with Gasteiger partial charge in [-0.2, -0.15) is 0 Å². The number of hydrogen-bond donors (Lipinski definition) is 1. The van der Waals surface area contributed by atoms with Crippen LogP contribution in [0.2, 0.25) is 5.02 Å². The van der Waals surface area contributed by atoms with Crippen LogP contribution in [0.3, 0.4) is 0 Å². The van der Waals surface area contributed by atoms with E-state index in [0.29, 0.717) is 5.92 Å². The summed E-state index contributed by atoms with van der Waals surface area (Å²) in [5.41, 5.74) is 1.35. The van der Waals surface area contributed by atoms with Crippen molar-refractivity contribution in [2.75, 3.05) is 32.7 Å². The molecule has 2 aliphatic rings. The van der Waals surface area contributed by atoms with Gasteiger partial charge in [-0.1, -0.05) is 31.0 Å². The molecular formula is C20H31ClN2O. The van der Waals surface area contributed by atoms with Crippen molar-refractivity contribution in [2.24, 2.45) is 0 Å². The Hall–Kier alpha value is -0.770. The molecule has 1 unspecified atom stereocenters. The Kier molecular flexibility index (Phi) is 6.82. The highest BCUT2D eigenvalue weighted by Gasteiger charge is 2.23. The first kappa shape index (κ1) is 18.0. The number of nitrogens with zero attached hydrogens (tertiary/aromatic N) is 1. The molecule has 2 heterocycles. The third-order valence-corrected chi connectivity index (χ3v) is 5.55. The van der Waals surface area contributed by atoms with Crippen LogP contribution in [0.1, 0.15) is 56.9 Å². The van der Waals surface area contributed by atoms with E-state index in [-0.39, 0.29) is 6.10 Å². The quantitative estimate of drug-likeness (QED) is 0.786. The largest absolute Gasteiger partial charge is 0.489 e. The van der Waals surface area contributed by atoms with Crippen molar-refractivity contribution in [2.45, 2.75) is 57.5 Å². The first-order chi connectivity index (χ1) is 11.8. The molecule has 0 aliphatic carbocycles.